The van der Waals surface area contributed by atoms with Crippen LogP contribution in [0.5, 0.6) is 0 Å². The minimum atomic E-state index is -0.147. The van der Waals surface area contributed by atoms with Crippen molar-refractivity contribution in [3.63, 3.8) is 0 Å². The Morgan fingerprint density at radius 3 is 2.38 bits per heavy atom. The van der Waals surface area contributed by atoms with Gasteiger partial charge in [-0.25, -0.2) is 4.39 Å². The molecule has 0 radical (unpaired) electrons. The highest BCUT2D eigenvalue weighted by Gasteiger charge is 2.11. The van der Waals surface area contributed by atoms with E-state index in [4.69, 9.17) is 11.6 Å². The first-order valence-electron chi connectivity index (χ1n) is 7.22. The quantitative estimate of drug-likeness (QED) is 0.813. The predicted molar refractivity (Wildman–Crippen MR) is 87.3 cm³/mol. The van der Waals surface area contributed by atoms with E-state index in [1.807, 2.05) is 36.4 Å². The lowest BCUT2D eigenvalue weighted by Gasteiger charge is -2.21. The van der Waals surface area contributed by atoms with Gasteiger partial charge in [0.15, 0.2) is 0 Å². The summed E-state index contributed by atoms with van der Waals surface area (Å²) in [7, 11) is 0. The lowest BCUT2D eigenvalue weighted by molar-refractivity contribution is 0.475. The number of aryl methyl sites for hydroxylation is 1. The van der Waals surface area contributed by atoms with Crippen LogP contribution in [0.1, 0.15) is 36.6 Å². The average molecular weight is 306 g/mol. The molecule has 0 aliphatic heterocycles. The van der Waals surface area contributed by atoms with E-state index < -0.39 is 0 Å². The molecule has 0 aliphatic rings. The van der Waals surface area contributed by atoms with Crippen molar-refractivity contribution in [2.45, 2.75) is 39.3 Å². The average Bonchev–Trinajstić information content (AvgIpc) is 2.44. The molecule has 0 saturated carbocycles. The first-order chi connectivity index (χ1) is 9.95. The maximum absolute atomic E-state index is 13.6. The van der Waals surface area contributed by atoms with Gasteiger partial charge in [0.1, 0.15) is 5.82 Å². The van der Waals surface area contributed by atoms with Gasteiger partial charge in [-0.2, -0.15) is 0 Å². The Balaban J connectivity index is 1.96. The molecule has 2 aromatic carbocycles. The zero-order valence-electron chi connectivity index (χ0n) is 12.7. The summed E-state index contributed by atoms with van der Waals surface area (Å²) in [6.07, 6.45) is 0.913. The molecule has 2 aromatic rings. The van der Waals surface area contributed by atoms with E-state index in [-0.39, 0.29) is 11.9 Å². The van der Waals surface area contributed by atoms with Crippen molar-refractivity contribution in [1.29, 1.82) is 0 Å². The second kappa shape index (κ2) is 7.06. The largest absolute Gasteiger partial charge is 0.307 e. The van der Waals surface area contributed by atoms with Gasteiger partial charge in [0.2, 0.25) is 0 Å². The van der Waals surface area contributed by atoms with Crippen molar-refractivity contribution < 1.29 is 4.39 Å². The Morgan fingerprint density at radius 2 is 1.76 bits per heavy atom. The third kappa shape index (κ3) is 4.55. The molecule has 112 valence electrons. The van der Waals surface area contributed by atoms with Gasteiger partial charge >= 0.3 is 0 Å². The molecule has 0 amide bonds. The Kier molecular flexibility index (Phi) is 5.38. The second-order valence-corrected chi connectivity index (χ2v) is 6.07. The van der Waals surface area contributed by atoms with Gasteiger partial charge in [0.25, 0.3) is 0 Å². The number of halogens is 2. The molecule has 1 N–H and O–H groups in total. The van der Waals surface area contributed by atoms with Crippen LogP contribution in [0, 0.1) is 12.7 Å². The van der Waals surface area contributed by atoms with Crippen molar-refractivity contribution in [2.24, 2.45) is 0 Å². The van der Waals surface area contributed by atoms with Crippen molar-refractivity contribution in [3.05, 3.63) is 70.0 Å². The molecule has 3 heteroatoms. The van der Waals surface area contributed by atoms with Gasteiger partial charge in [0, 0.05) is 17.1 Å². The lowest BCUT2D eigenvalue weighted by Crippen LogP contribution is -2.30. The van der Waals surface area contributed by atoms with E-state index in [0.29, 0.717) is 11.6 Å². The van der Waals surface area contributed by atoms with Crippen molar-refractivity contribution in [2.75, 3.05) is 0 Å². The summed E-state index contributed by atoms with van der Waals surface area (Å²) in [6, 6.07) is 13.7. The summed E-state index contributed by atoms with van der Waals surface area (Å²) < 4.78 is 13.6. The van der Waals surface area contributed by atoms with E-state index in [0.717, 1.165) is 17.0 Å². The lowest BCUT2D eigenvalue weighted by atomic mass is 10.0. The van der Waals surface area contributed by atoms with E-state index in [9.17, 15) is 4.39 Å². The minimum Gasteiger partial charge on any atom is -0.307 e. The number of nitrogens with one attached hydrogen (secondary N) is 1. The smallest absolute Gasteiger partial charge is 0.126 e. The van der Waals surface area contributed by atoms with E-state index in [1.165, 1.54) is 5.56 Å². The molecule has 2 rings (SSSR count). The molecule has 0 spiro atoms. The van der Waals surface area contributed by atoms with Crippen molar-refractivity contribution >= 4 is 11.6 Å². The zero-order valence-corrected chi connectivity index (χ0v) is 13.4. The molecular formula is C18H21ClFN. The summed E-state index contributed by atoms with van der Waals surface area (Å²) in [4.78, 5) is 0. The Morgan fingerprint density at radius 1 is 1.10 bits per heavy atom. The van der Waals surface area contributed by atoms with E-state index in [1.54, 1.807) is 13.0 Å². The van der Waals surface area contributed by atoms with Crippen LogP contribution >= 0.6 is 11.6 Å². The van der Waals surface area contributed by atoms with Crippen LogP contribution in [0.4, 0.5) is 4.39 Å². The van der Waals surface area contributed by atoms with Gasteiger partial charge < -0.3 is 5.32 Å². The summed E-state index contributed by atoms with van der Waals surface area (Å²) in [5.74, 6) is -0.147. The maximum Gasteiger partial charge on any atom is 0.126 e. The standard InChI is InChI=1S/C18H21ClFN/c1-12-4-7-16(11-18(12)20)14(3)21-13(2)10-15-5-8-17(19)9-6-15/h4-9,11,13-14,21H,10H2,1-3H3. The minimum absolute atomic E-state index is 0.113. The molecule has 21 heavy (non-hydrogen) atoms. The Labute approximate surface area is 131 Å². The maximum atomic E-state index is 13.6. The third-order valence-corrected chi connectivity index (χ3v) is 3.94. The number of hydrogen-bond acceptors (Lipinski definition) is 1. The zero-order chi connectivity index (χ0) is 15.4. The molecule has 0 aromatic heterocycles. The van der Waals surface area contributed by atoms with E-state index >= 15 is 0 Å². The highest BCUT2D eigenvalue weighted by molar-refractivity contribution is 6.30. The predicted octanol–water partition coefficient (Wildman–Crippen LogP) is 5.07. The Bertz CT molecular complexity index is 595. The van der Waals surface area contributed by atoms with Crippen molar-refractivity contribution in [3.8, 4) is 0 Å². The molecule has 0 saturated heterocycles. The molecule has 0 heterocycles. The van der Waals surface area contributed by atoms with Gasteiger partial charge in [-0.3, -0.25) is 0 Å². The molecule has 2 atom stereocenters. The van der Waals surface area contributed by atoms with Crippen LogP contribution in [-0.4, -0.2) is 6.04 Å². The van der Waals surface area contributed by atoms with Crippen LogP contribution in [0.3, 0.4) is 0 Å². The first kappa shape index (κ1) is 16.0. The van der Waals surface area contributed by atoms with Crippen LogP contribution in [0.2, 0.25) is 5.02 Å². The number of benzene rings is 2. The van der Waals surface area contributed by atoms with E-state index in [2.05, 4.69) is 19.2 Å². The molecule has 1 nitrogen and oxygen atoms in total. The fraction of sp³-hybridized carbons (Fsp3) is 0.333. The molecule has 0 fully saturated rings. The third-order valence-electron chi connectivity index (χ3n) is 3.69. The normalized spacial score (nSPS) is 14.0. The van der Waals surface area contributed by atoms with Gasteiger partial charge in [0.05, 0.1) is 0 Å². The topological polar surface area (TPSA) is 12.0 Å². The molecule has 2 unspecified atom stereocenters. The number of rotatable bonds is 5. The van der Waals surface area contributed by atoms with Gasteiger partial charge in [-0.1, -0.05) is 35.9 Å². The van der Waals surface area contributed by atoms with Gasteiger partial charge in [-0.15, -0.1) is 0 Å². The summed E-state index contributed by atoms with van der Waals surface area (Å²) in [5, 5.41) is 4.26. The SMILES string of the molecule is Cc1ccc(C(C)NC(C)Cc2ccc(Cl)cc2)cc1F. The molecule has 0 aliphatic carbocycles. The monoisotopic (exact) mass is 305 g/mol. The molecular weight excluding hydrogens is 285 g/mol. The first-order valence-corrected chi connectivity index (χ1v) is 7.60. The van der Waals surface area contributed by atoms with Crippen LogP contribution < -0.4 is 5.32 Å². The van der Waals surface area contributed by atoms with Crippen LogP contribution in [0.25, 0.3) is 0 Å². The van der Waals surface area contributed by atoms with Crippen LogP contribution in [-0.2, 0) is 6.42 Å². The van der Waals surface area contributed by atoms with Crippen LogP contribution in [0.15, 0.2) is 42.5 Å². The van der Waals surface area contributed by atoms with Gasteiger partial charge in [-0.05, 0) is 62.1 Å². The fourth-order valence-corrected chi connectivity index (χ4v) is 2.56. The highest BCUT2D eigenvalue weighted by Crippen LogP contribution is 2.18. The summed E-state index contributed by atoms with van der Waals surface area (Å²) >= 11 is 5.89. The Hall–Kier alpha value is -1.38. The highest BCUT2D eigenvalue weighted by atomic mass is 35.5. The number of hydrogen-bond donors (Lipinski definition) is 1. The van der Waals surface area contributed by atoms with Crippen molar-refractivity contribution in [1.82, 2.24) is 5.32 Å². The summed E-state index contributed by atoms with van der Waals surface area (Å²) in [6.45, 7) is 5.97. The summed E-state index contributed by atoms with van der Waals surface area (Å²) in [5.41, 5.74) is 2.89. The fourth-order valence-electron chi connectivity index (χ4n) is 2.43. The molecule has 0 bridgehead atoms. The second-order valence-electron chi connectivity index (χ2n) is 5.63.